The van der Waals surface area contributed by atoms with Gasteiger partial charge in [0.2, 0.25) is 5.91 Å². The Hall–Kier alpha value is -2.82. The number of benzene rings is 2. The lowest BCUT2D eigenvalue weighted by molar-refractivity contribution is -0.120. The number of amides is 1. The summed E-state index contributed by atoms with van der Waals surface area (Å²) in [6, 6.07) is 13.7. The number of hydrogen-bond acceptors (Lipinski definition) is 2. The number of imidazole rings is 1. The maximum Gasteiger partial charge on any atom is 0.323 e. The van der Waals surface area contributed by atoms with E-state index in [0.717, 1.165) is 28.6 Å². The minimum Gasteiger partial charge on any atom is -0.355 e. The molecule has 1 amide bonds. The number of carbonyl (C=O) groups excluding carboxylic acids is 1. The van der Waals surface area contributed by atoms with E-state index in [2.05, 4.69) is 15.3 Å². The third-order valence-electron chi connectivity index (χ3n) is 3.80. The van der Waals surface area contributed by atoms with Gasteiger partial charge in [0.05, 0.1) is 17.5 Å². The van der Waals surface area contributed by atoms with Crippen molar-refractivity contribution in [3.8, 4) is 0 Å². The van der Waals surface area contributed by atoms with E-state index in [1.165, 1.54) is 5.56 Å². The van der Waals surface area contributed by atoms with Crippen LogP contribution in [0.25, 0.3) is 11.0 Å². The molecule has 5 heteroatoms. The van der Waals surface area contributed by atoms with Gasteiger partial charge in [0.25, 0.3) is 0 Å². The van der Waals surface area contributed by atoms with E-state index >= 15 is 0 Å². The van der Waals surface area contributed by atoms with Gasteiger partial charge in [-0.05, 0) is 36.6 Å². The third-order valence-corrected chi connectivity index (χ3v) is 3.80. The van der Waals surface area contributed by atoms with Gasteiger partial charge >= 0.3 is 5.69 Å². The van der Waals surface area contributed by atoms with Crippen LogP contribution in [-0.2, 0) is 17.6 Å². The summed E-state index contributed by atoms with van der Waals surface area (Å²) in [5.41, 5.74) is 4.65. The lowest BCUT2D eigenvalue weighted by atomic mass is 10.1. The Morgan fingerprint density at radius 3 is 2.48 bits per heavy atom. The zero-order valence-corrected chi connectivity index (χ0v) is 13.0. The van der Waals surface area contributed by atoms with Gasteiger partial charge < -0.3 is 15.3 Å². The van der Waals surface area contributed by atoms with Crippen molar-refractivity contribution in [1.82, 2.24) is 15.3 Å². The van der Waals surface area contributed by atoms with E-state index in [0.29, 0.717) is 13.0 Å². The minimum atomic E-state index is -0.205. The molecule has 3 aromatic rings. The minimum absolute atomic E-state index is 0.0185. The van der Waals surface area contributed by atoms with Crippen LogP contribution in [0.3, 0.4) is 0 Å². The summed E-state index contributed by atoms with van der Waals surface area (Å²) >= 11 is 0. The number of H-pyrrole nitrogens is 2. The maximum absolute atomic E-state index is 11.9. The van der Waals surface area contributed by atoms with Crippen molar-refractivity contribution in [2.45, 2.75) is 19.8 Å². The Bertz CT molecular complexity index is 875. The summed E-state index contributed by atoms with van der Waals surface area (Å²) in [6.07, 6.45) is 1.12. The zero-order chi connectivity index (χ0) is 16.2. The van der Waals surface area contributed by atoms with Crippen LogP contribution in [0, 0.1) is 6.92 Å². The predicted octanol–water partition coefficient (Wildman–Crippen LogP) is 2.07. The molecular formula is C18H19N3O2. The molecule has 0 aliphatic heterocycles. The monoisotopic (exact) mass is 309 g/mol. The van der Waals surface area contributed by atoms with Crippen LogP contribution >= 0.6 is 0 Å². The molecule has 0 fully saturated rings. The van der Waals surface area contributed by atoms with Crippen LogP contribution in [-0.4, -0.2) is 22.4 Å². The normalized spacial score (nSPS) is 10.8. The summed E-state index contributed by atoms with van der Waals surface area (Å²) in [7, 11) is 0. The van der Waals surface area contributed by atoms with Gasteiger partial charge in [0, 0.05) is 6.54 Å². The Balaban J connectivity index is 1.52. The van der Waals surface area contributed by atoms with Crippen molar-refractivity contribution >= 4 is 16.9 Å². The van der Waals surface area contributed by atoms with Crippen molar-refractivity contribution in [2.24, 2.45) is 0 Å². The highest BCUT2D eigenvalue weighted by Gasteiger charge is 2.04. The SMILES string of the molecule is Cc1ccc(CC(=O)NCCc2ccc3[nH]c(=O)[nH]c3c2)cc1. The first-order chi connectivity index (χ1) is 11.1. The molecule has 0 bridgehead atoms. The van der Waals surface area contributed by atoms with E-state index in [4.69, 9.17) is 0 Å². The first-order valence-electron chi connectivity index (χ1n) is 7.63. The molecule has 0 atom stereocenters. The highest BCUT2D eigenvalue weighted by atomic mass is 16.1. The second kappa shape index (κ2) is 6.52. The van der Waals surface area contributed by atoms with Gasteiger partial charge in [-0.1, -0.05) is 35.9 Å². The number of hydrogen-bond donors (Lipinski definition) is 3. The first-order valence-corrected chi connectivity index (χ1v) is 7.63. The lowest BCUT2D eigenvalue weighted by Gasteiger charge is -2.06. The number of aromatic nitrogens is 2. The second-order valence-corrected chi connectivity index (χ2v) is 5.72. The molecule has 0 radical (unpaired) electrons. The van der Waals surface area contributed by atoms with Gasteiger partial charge in [-0.25, -0.2) is 4.79 Å². The van der Waals surface area contributed by atoms with Crippen LogP contribution in [0.15, 0.2) is 47.3 Å². The van der Waals surface area contributed by atoms with Gasteiger partial charge in [0.15, 0.2) is 0 Å². The van der Waals surface area contributed by atoms with Gasteiger partial charge in [-0.15, -0.1) is 0 Å². The molecule has 2 aromatic carbocycles. The van der Waals surface area contributed by atoms with Crippen LogP contribution in [0.4, 0.5) is 0 Å². The van der Waals surface area contributed by atoms with E-state index in [1.54, 1.807) is 0 Å². The van der Waals surface area contributed by atoms with Crippen LogP contribution < -0.4 is 11.0 Å². The van der Waals surface area contributed by atoms with E-state index in [-0.39, 0.29) is 11.6 Å². The molecule has 0 spiro atoms. The van der Waals surface area contributed by atoms with E-state index in [1.807, 2.05) is 49.4 Å². The summed E-state index contributed by atoms with van der Waals surface area (Å²) in [5.74, 6) is 0.0185. The highest BCUT2D eigenvalue weighted by Crippen LogP contribution is 2.10. The number of aryl methyl sites for hydroxylation is 1. The first kappa shape index (κ1) is 15.1. The lowest BCUT2D eigenvalue weighted by Crippen LogP contribution is -2.27. The fraction of sp³-hybridized carbons (Fsp3) is 0.222. The number of rotatable bonds is 5. The summed E-state index contributed by atoms with van der Waals surface area (Å²) < 4.78 is 0. The van der Waals surface area contributed by atoms with Crippen LogP contribution in [0.5, 0.6) is 0 Å². The summed E-state index contributed by atoms with van der Waals surface area (Å²) in [5, 5.41) is 2.93. The molecule has 3 rings (SSSR count). The van der Waals surface area contributed by atoms with Crippen molar-refractivity contribution < 1.29 is 4.79 Å². The number of carbonyl (C=O) groups is 1. The van der Waals surface area contributed by atoms with Crippen LogP contribution in [0.2, 0.25) is 0 Å². The Morgan fingerprint density at radius 1 is 1.00 bits per heavy atom. The Labute approximate surface area is 133 Å². The molecule has 0 saturated carbocycles. The molecule has 1 aromatic heterocycles. The largest absolute Gasteiger partial charge is 0.355 e. The summed E-state index contributed by atoms with van der Waals surface area (Å²) in [6.45, 7) is 2.60. The van der Waals surface area contributed by atoms with E-state index in [9.17, 15) is 9.59 Å². The summed E-state index contributed by atoms with van der Waals surface area (Å²) in [4.78, 5) is 28.6. The quantitative estimate of drug-likeness (QED) is 0.674. The molecule has 5 nitrogen and oxygen atoms in total. The Kier molecular flexibility index (Phi) is 4.28. The highest BCUT2D eigenvalue weighted by molar-refractivity contribution is 5.78. The van der Waals surface area contributed by atoms with Crippen molar-refractivity contribution in [2.75, 3.05) is 6.54 Å². The smallest absolute Gasteiger partial charge is 0.323 e. The average Bonchev–Trinajstić information content (AvgIpc) is 2.89. The molecule has 0 unspecified atom stereocenters. The number of nitrogens with one attached hydrogen (secondary N) is 3. The standard InChI is InChI=1S/C18H19N3O2/c1-12-2-4-13(5-3-12)11-17(22)19-9-8-14-6-7-15-16(10-14)21-18(23)20-15/h2-7,10H,8-9,11H2,1H3,(H,19,22)(H2,20,21,23). The predicted molar refractivity (Wildman–Crippen MR) is 90.5 cm³/mol. The van der Waals surface area contributed by atoms with Crippen molar-refractivity contribution in [1.29, 1.82) is 0 Å². The molecule has 118 valence electrons. The molecule has 23 heavy (non-hydrogen) atoms. The number of fused-ring (bicyclic) bond motifs is 1. The van der Waals surface area contributed by atoms with Gasteiger partial charge in [-0.2, -0.15) is 0 Å². The third kappa shape index (κ3) is 3.88. The molecule has 0 saturated heterocycles. The maximum atomic E-state index is 11.9. The zero-order valence-electron chi connectivity index (χ0n) is 13.0. The molecule has 0 aliphatic carbocycles. The van der Waals surface area contributed by atoms with Gasteiger partial charge in [-0.3, -0.25) is 4.79 Å². The van der Waals surface area contributed by atoms with E-state index < -0.39 is 0 Å². The molecule has 1 heterocycles. The molecular weight excluding hydrogens is 290 g/mol. The fourth-order valence-corrected chi connectivity index (χ4v) is 2.54. The van der Waals surface area contributed by atoms with Crippen molar-refractivity contribution in [3.05, 3.63) is 69.6 Å². The average molecular weight is 309 g/mol. The fourth-order valence-electron chi connectivity index (χ4n) is 2.54. The molecule has 3 N–H and O–H groups in total. The van der Waals surface area contributed by atoms with Gasteiger partial charge in [0.1, 0.15) is 0 Å². The number of aromatic amines is 2. The second-order valence-electron chi connectivity index (χ2n) is 5.72. The van der Waals surface area contributed by atoms with Crippen molar-refractivity contribution in [3.63, 3.8) is 0 Å². The Morgan fingerprint density at radius 2 is 1.70 bits per heavy atom. The topological polar surface area (TPSA) is 77.8 Å². The van der Waals surface area contributed by atoms with Crippen LogP contribution in [0.1, 0.15) is 16.7 Å². The molecule has 0 aliphatic rings.